The van der Waals surface area contributed by atoms with Crippen molar-refractivity contribution in [3.05, 3.63) is 41.5 Å². The fourth-order valence-electron chi connectivity index (χ4n) is 3.86. The van der Waals surface area contributed by atoms with Gasteiger partial charge in [0.05, 0.1) is 5.41 Å². The SMILES string of the molecule is O=C(NCCc1noc(CO)n1)N1CCCC2(C1)C(=O)Nc1ccccc12. The number of hydrogen-bond acceptors (Lipinski definition) is 6. The number of anilines is 1. The van der Waals surface area contributed by atoms with Crippen molar-refractivity contribution in [1.82, 2.24) is 20.4 Å². The van der Waals surface area contributed by atoms with Gasteiger partial charge in [0.1, 0.15) is 6.61 Å². The molecule has 9 nitrogen and oxygen atoms in total. The largest absolute Gasteiger partial charge is 0.387 e. The minimum Gasteiger partial charge on any atom is -0.387 e. The summed E-state index contributed by atoms with van der Waals surface area (Å²) in [5.74, 6) is 0.545. The number of fused-ring (bicyclic) bond motifs is 2. The van der Waals surface area contributed by atoms with E-state index in [1.54, 1.807) is 4.90 Å². The van der Waals surface area contributed by atoms with Crippen LogP contribution in [0.5, 0.6) is 0 Å². The van der Waals surface area contributed by atoms with E-state index >= 15 is 0 Å². The second kappa shape index (κ2) is 6.99. The van der Waals surface area contributed by atoms with Gasteiger partial charge in [0.25, 0.3) is 5.89 Å². The van der Waals surface area contributed by atoms with E-state index in [0.717, 1.165) is 24.1 Å². The average molecular weight is 371 g/mol. The normalized spacial score (nSPS) is 21.2. The molecular formula is C18H21N5O4. The smallest absolute Gasteiger partial charge is 0.317 e. The lowest BCUT2D eigenvalue weighted by Gasteiger charge is -2.39. The van der Waals surface area contributed by atoms with Crippen LogP contribution < -0.4 is 10.6 Å². The molecule has 0 aliphatic carbocycles. The van der Waals surface area contributed by atoms with Crippen LogP contribution in [-0.2, 0) is 23.2 Å². The predicted octanol–water partition coefficient (Wildman–Crippen LogP) is 0.800. The number of aliphatic hydroxyl groups is 1. The number of nitrogens with zero attached hydrogens (tertiary/aromatic N) is 3. The summed E-state index contributed by atoms with van der Waals surface area (Å²) in [6.07, 6.45) is 1.89. The van der Waals surface area contributed by atoms with Gasteiger partial charge in [-0.25, -0.2) is 4.79 Å². The zero-order valence-electron chi connectivity index (χ0n) is 14.8. The Kier molecular flexibility index (Phi) is 4.53. The van der Waals surface area contributed by atoms with Crippen LogP contribution in [0, 0.1) is 0 Å². The molecule has 9 heteroatoms. The molecule has 0 bridgehead atoms. The van der Waals surface area contributed by atoms with Crippen LogP contribution in [0.3, 0.4) is 0 Å². The number of piperidine rings is 1. The molecule has 0 saturated carbocycles. The zero-order chi connectivity index (χ0) is 18.9. The molecule has 1 saturated heterocycles. The topological polar surface area (TPSA) is 121 Å². The highest BCUT2D eigenvalue weighted by molar-refractivity contribution is 6.06. The summed E-state index contributed by atoms with van der Waals surface area (Å²) in [6, 6.07) is 7.46. The Labute approximate surface area is 155 Å². The molecule has 3 amide bonds. The van der Waals surface area contributed by atoms with E-state index in [4.69, 9.17) is 9.63 Å². The van der Waals surface area contributed by atoms with E-state index in [1.165, 1.54) is 0 Å². The first-order valence-electron chi connectivity index (χ1n) is 8.98. The number of likely N-dealkylation sites (tertiary alicyclic amines) is 1. The van der Waals surface area contributed by atoms with Gasteiger partial charge in [0.15, 0.2) is 5.82 Å². The third-order valence-corrected chi connectivity index (χ3v) is 5.18. The number of hydrogen-bond donors (Lipinski definition) is 3. The van der Waals surface area contributed by atoms with Crippen LogP contribution in [0.1, 0.15) is 30.1 Å². The zero-order valence-corrected chi connectivity index (χ0v) is 14.8. The van der Waals surface area contributed by atoms with Crippen LogP contribution in [0.2, 0.25) is 0 Å². The van der Waals surface area contributed by atoms with Gasteiger partial charge in [-0.05, 0) is 24.5 Å². The quantitative estimate of drug-likeness (QED) is 0.731. The Hall–Kier alpha value is -2.94. The number of benzene rings is 1. The van der Waals surface area contributed by atoms with Gasteiger partial charge in [-0.3, -0.25) is 4.79 Å². The standard InChI is InChI=1S/C18H21N5O4/c24-10-15-21-14(22-27-15)6-8-19-17(26)23-9-3-7-18(11-23)12-4-1-2-5-13(12)20-16(18)25/h1-2,4-5,24H,3,6-11H2,(H,19,26)(H,20,25). The maximum atomic E-state index is 12.7. The van der Waals surface area contributed by atoms with E-state index in [-0.39, 0.29) is 24.4 Å². The number of aromatic nitrogens is 2. The molecule has 1 aromatic carbocycles. The molecule has 0 radical (unpaired) electrons. The molecule has 1 unspecified atom stereocenters. The molecular weight excluding hydrogens is 350 g/mol. The molecule has 1 fully saturated rings. The van der Waals surface area contributed by atoms with Crippen molar-refractivity contribution >= 4 is 17.6 Å². The fourth-order valence-corrected chi connectivity index (χ4v) is 3.86. The molecule has 142 valence electrons. The molecule has 1 spiro atoms. The van der Waals surface area contributed by atoms with E-state index in [2.05, 4.69) is 20.8 Å². The Morgan fingerprint density at radius 3 is 3.07 bits per heavy atom. The highest BCUT2D eigenvalue weighted by atomic mass is 16.5. The highest BCUT2D eigenvalue weighted by Gasteiger charge is 2.49. The maximum Gasteiger partial charge on any atom is 0.317 e. The molecule has 1 aromatic heterocycles. The Balaban J connectivity index is 1.39. The first-order valence-corrected chi connectivity index (χ1v) is 8.98. The van der Waals surface area contributed by atoms with Crippen molar-refractivity contribution in [2.75, 3.05) is 25.0 Å². The van der Waals surface area contributed by atoms with E-state index < -0.39 is 5.41 Å². The lowest BCUT2D eigenvalue weighted by Crippen LogP contribution is -2.54. The summed E-state index contributed by atoms with van der Waals surface area (Å²) in [6.45, 7) is 1.01. The van der Waals surface area contributed by atoms with Gasteiger partial charge in [0.2, 0.25) is 5.91 Å². The number of rotatable bonds is 4. The number of aliphatic hydroxyl groups excluding tert-OH is 1. The molecule has 3 N–H and O–H groups in total. The van der Waals surface area contributed by atoms with Crippen LogP contribution >= 0.6 is 0 Å². The second-order valence-corrected chi connectivity index (χ2v) is 6.85. The first-order chi connectivity index (χ1) is 13.1. The number of carbonyl (C=O) groups excluding carboxylic acids is 2. The van der Waals surface area contributed by atoms with Crippen molar-refractivity contribution in [3.63, 3.8) is 0 Å². The summed E-state index contributed by atoms with van der Waals surface area (Å²) in [7, 11) is 0. The van der Waals surface area contributed by atoms with Crippen LogP contribution in [0.15, 0.2) is 28.8 Å². The molecule has 2 aliphatic rings. The lowest BCUT2D eigenvalue weighted by atomic mass is 9.75. The highest BCUT2D eigenvalue weighted by Crippen LogP contribution is 2.43. The Morgan fingerprint density at radius 1 is 1.41 bits per heavy atom. The van der Waals surface area contributed by atoms with Gasteiger partial charge < -0.3 is 25.2 Å². The fraction of sp³-hybridized carbons (Fsp3) is 0.444. The summed E-state index contributed by atoms with van der Waals surface area (Å²) < 4.78 is 4.82. The van der Waals surface area contributed by atoms with Gasteiger partial charge >= 0.3 is 6.03 Å². The minimum absolute atomic E-state index is 0.0375. The molecule has 2 aromatic rings. The van der Waals surface area contributed by atoms with Crippen LogP contribution in [-0.4, -0.2) is 51.7 Å². The molecule has 1 atom stereocenters. The Bertz CT molecular complexity index is 867. The summed E-state index contributed by atoms with van der Waals surface area (Å²) in [5.41, 5.74) is 1.13. The Morgan fingerprint density at radius 2 is 2.26 bits per heavy atom. The van der Waals surface area contributed by atoms with Gasteiger partial charge in [-0.2, -0.15) is 4.98 Å². The number of carbonyl (C=O) groups is 2. The number of amides is 3. The van der Waals surface area contributed by atoms with Gasteiger partial charge in [0, 0.05) is 31.7 Å². The van der Waals surface area contributed by atoms with Crippen molar-refractivity contribution in [3.8, 4) is 0 Å². The van der Waals surface area contributed by atoms with Crippen LogP contribution in [0.25, 0.3) is 0 Å². The summed E-state index contributed by atoms with van der Waals surface area (Å²) in [5, 5.41) is 18.4. The van der Waals surface area contributed by atoms with Gasteiger partial charge in [-0.1, -0.05) is 23.4 Å². The van der Waals surface area contributed by atoms with E-state index in [9.17, 15) is 9.59 Å². The number of para-hydroxylation sites is 1. The van der Waals surface area contributed by atoms with Crippen molar-refractivity contribution < 1.29 is 19.2 Å². The molecule has 4 rings (SSSR count). The number of urea groups is 1. The summed E-state index contributed by atoms with van der Waals surface area (Å²) >= 11 is 0. The second-order valence-electron chi connectivity index (χ2n) is 6.85. The number of nitrogens with one attached hydrogen (secondary N) is 2. The van der Waals surface area contributed by atoms with E-state index in [0.29, 0.717) is 31.9 Å². The molecule has 2 aliphatic heterocycles. The first kappa shape index (κ1) is 17.5. The third kappa shape index (κ3) is 3.14. The lowest BCUT2D eigenvalue weighted by molar-refractivity contribution is -0.122. The average Bonchev–Trinajstić information content (AvgIpc) is 3.25. The molecule has 27 heavy (non-hydrogen) atoms. The molecule has 3 heterocycles. The predicted molar refractivity (Wildman–Crippen MR) is 94.9 cm³/mol. The monoisotopic (exact) mass is 371 g/mol. The van der Waals surface area contributed by atoms with E-state index in [1.807, 2.05) is 24.3 Å². The van der Waals surface area contributed by atoms with Crippen molar-refractivity contribution in [1.29, 1.82) is 0 Å². The maximum absolute atomic E-state index is 12.7. The third-order valence-electron chi connectivity index (χ3n) is 5.18. The van der Waals surface area contributed by atoms with Gasteiger partial charge in [-0.15, -0.1) is 0 Å². The minimum atomic E-state index is -0.671. The van der Waals surface area contributed by atoms with Crippen molar-refractivity contribution in [2.24, 2.45) is 0 Å². The van der Waals surface area contributed by atoms with Crippen LogP contribution in [0.4, 0.5) is 10.5 Å². The van der Waals surface area contributed by atoms with Crippen molar-refractivity contribution in [2.45, 2.75) is 31.3 Å². The summed E-state index contributed by atoms with van der Waals surface area (Å²) in [4.78, 5) is 31.0.